The molecule has 1 aromatic rings. The molecule has 0 amide bonds. The van der Waals surface area contributed by atoms with Crippen molar-refractivity contribution in [1.29, 1.82) is 5.26 Å². The molecule has 0 aliphatic carbocycles. The molecule has 1 atom stereocenters. The Balaban J connectivity index is 3.38. The summed E-state index contributed by atoms with van der Waals surface area (Å²) in [5, 5.41) is 26.2. The molecule has 5 nitrogen and oxygen atoms in total. The second-order valence-corrected chi connectivity index (χ2v) is 2.93. The molecule has 0 aliphatic rings. The van der Waals surface area contributed by atoms with Gasteiger partial charge < -0.3 is 10.2 Å². The first-order valence-electron chi connectivity index (χ1n) is 4.10. The average molecular weight is 223 g/mol. The van der Waals surface area contributed by atoms with Crippen molar-refractivity contribution in [3.8, 4) is 6.07 Å². The van der Waals surface area contributed by atoms with E-state index in [4.69, 9.17) is 15.5 Å². The van der Waals surface area contributed by atoms with Crippen molar-refractivity contribution in [1.82, 2.24) is 0 Å². The van der Waals surface area contributed by atoms with E-state index < -0.39 is 23.5 Å². The molecule has 16 heavy (non-hydrogen) atoms. The zero-order chi connectivity index (χ0) is 12.3. The summed E-state index contributed by atoms with van der Waals surface area (Å²) in [5.41, 5.74) is -1.05. The smallest absolute Gasteiger partial charge is 0.337 e. The molecule has 0 aliphatic heterocycles. The van der Waals surface area contributed by atoms with Gasteiger partial charge in [-0.15, -0.1) is 0 Å². The van der Waals surface area contributed by atoms with Gasteiger partial charge in [-0.2, -0.15) is 5.26 Å². The van der Waals surface area contributed by atoms with Crippen LogP contribution < -0.4 is 0 Å². The van der Waals surface area contributed by atoms with Crippen LogP contribution >= 0.6 is 0 Å². The van der Waals surface area contributed by atoms with Gasteiger partial charge >= 0.3 is 5.97 Å². The van der Waals surface area contributed by atoms with Crippen molar-refractivity contribution < 1.29 is 24.2 Å². The molecular formula is C10H6FNO4. The summed E-state index contributed by atoms with van der Waals surface area (Å²) in [5.74, 6) is -2.61. The van der Waals surface area contributed by atoms with Crippen LogP contribution in [0.15, 0.2) is 12.1 Å². The number of hydrogen-bond acceptors (Lipinski definition) is 4. The van der Waals surface area contributed by atoms with Crippen LogP contribution in [-0.4, -0.2) is 22.5 Å². The van der Waals surface area contributed by atoms with Gasteiger partial charge in [-0.3, -0.25) is 4.79 Å². The van der Waals surface area contributed by atoms with Crippen molar-refractivity contribution in [3.05, 3.63) is 34.6 Å². The number of carbonyl (C=O) groups is 2. The summed E-state index contributed by atoms with van der Waals surface area (Å²) >= 11 is 0. The van der Waals surface area contributed by atoms with Crippen LogP contribution in [0.2, 0.25) is 0 Å². The number of aldehydes is 1. The van der Waals surface area contributed by atoms with E-state index in [0.717, 1.165) is 6.07 Å². The van der Waals surface area contributed by atoms with Crippen LogP contribution in [0.4, 0.5) is 4.39 Å². The maximum absolute atomic E-state index is 13.2. The molecule has 2 N–H and O–H groups in total. The monoisotopic (exact) mass is 223 g/mol. The third-order valence-corrected chi connectivity index (χ3v) is 1.94. The second kappa shape index (κ2) is 4.51. The lowest BCUT2D eigenvalue weighted by Crippen LogP contribution is -2.11. The van der Waals surface area contributed by atoms with Gasteiger partial charge in [0, 0.05) is 0 Å². The Morgan fingerprint density at radius 1 is 1.56 bits per heavy atom. The number of rotatable bonds is 3. The fourth-order valence-electron chi connectivity index (χ4n) is 1.15. The summed E-state index contributed by atoms with van der Waals surface area (Å²) in [4.78, 5) is 20.9. The van der Waals surface area contributed by atoms with Crippen molar-refractivity contribution in [3.63, 3.8) is 0 Å². The van der Waals surface area contributed by atoms with E-state index in [0.29, 0.717) is 6.07 Å². The topological polar surface area (TPSA) is 98.4 Å². The number of nitrogens with zero attached hydrogens (tertiary/aromatic N) is 1. The highest BCUT2D eigenvalue weighted by Crippen LogP contribution is 2.20. The van der Waals surface area contributed by atoms with Crippen molar-refractivity contribution in [2.24, 2.45) is 0 Å². The van der Waals surface area contributed by atoms with E-state index in [1.54, 1.807) is 6.07 Å². The lowest BCUT2D eigenvalue weighted by Gasteiger charge is -2.07. The zero-order valence-electron chi connectivity index (χ0n) is 7.85. The van der Waals surface area contributed by atoms with Gasteiger partial charge in [-0.05, 0) is 17.7 Å². The molecule has 0 bridgehead atoms. The highest BCUT2D eigenvalue weighted by atomic mass is 19.1. The fraction of sp³-hybridized carbons (Fsp3) is 0.100. The number of carboxylic acids is 1. The number of carbonyl (C=O) groups excluding carboxylic acids is 1. The minimum atomic E-state index is -1.93. The Morgan fingerprint density at radius 3 is 2.62 bits per heavy atom. The maximum atomic E-state index is 13.2. The van der Waals surface area contributed by atoms with E-state index in [2.05, 4.69) is 0 Å². The van der Waals surface area contributed by atoms with Crippen LogP contribution in [0, 0.1) is 17.1 Å². The van der Waals surface area contributed by atoms with E-state index in [1.807, 2.05) is 0 Å². The summed E-state index contributed by atoms with van der Waals surface area (Å²) in [6, 6.07) is 3.22. The fourth-order valence-corrected chi connectivity index (χ4v) is 1.15. The highest BCUT2D eigenvalue weighted by molar-refractivity contribution is 5.81. The van der Waals surface area contributed by atoms with Gasteiger partial charge in [0.25, 0.3) is 0 Å². The minimum Gasteiger partial charge on any atom is -0.479 e. The maximum Gasteiger partial charge on any atom is 0.337 e. The third-order valence-electron chi connectivity index (χ3n) is 1.94. The Labute approximate surface area is 89.4 Å². The van der Waals surface area contributed by atoms with Gasteiger partial charge in [-0.25, -0.2) is 9.18 Å². The first kappa shape index (κ1) is 11.8. The third kappa shape index (κ3) is 2.04. The largest absolute Gasteiger partial charge is 0.479 e. The molecule has 0 spiro atoms. The Morgan fingerprint density at radius 2 is 2.19 bits per heavy atom. The van der Waals surface area contributed by atoms with Crippen LogP contribution in [0.5, 0.6) is 0 Å². The van der Waals surface area contributed by atoms with Crippen molar-refractivity contribution in [2.75, 3.05) is 0 Å². The Kier molecular flexibility index (Phi) is 3.33. The molecule has 0 radical (unpaired) electrons. The summed E-state index contributed by atoms with van der Waals surface area (Å²) < 4.78 is 13.2. The molecule has 1 unspecified atom stereocenters. The Bertz CT molecular complexity index is 492. The van der Waals surface area contributed by atoms with Gasteiger partial charge in [0.2, 0.25) is 0 Å². The standard InChI is InChI=1S/C10H6FNO4/c11-8-2-5(9(14)10(15)16)1-6(3-12)7(8)4-13/h1-2,4,9,14H,(H,15,16). The molecule has 6 heteroatoms. The molecule has 0 fully saturated rings. The second-order valence-electron chi connectivity index (χ2n) is 2.93. The molecular weight excluding hydrogens is 217 g/mol. The number of benzene rings is 1. The zero-order valence-corrected chi connectivity index (χ0v) is 7.85. The normalized spacial score (nSPS) is 11.6. The first-order chi connectivity index (χ1) is 7.51. The number of halogens is 1. The predicted octanol–water partition coefficient (Wildman–Crippen LogP) is 0.628. The van der Waals surface area contributed by atoms with Gasteiger partial charge in [0.1, 0.15) is 5.82 Å². The van der Waals surface area contributed by atoms with E-state index in [-0.39, 0.29) is 17.4 Å². The van der Waals surface area contributed by atoms with Gasteiger partial charge in [0.05, 0.1) is 17.2 Å². The molecule has 0 heterocycles. The van der Waals surface area contributed by atoms with Gasteiger partial charge in [-0.1, -0.05) is 0 Å². The van der Waals surface area contributed by atoms with Gasteiger partial charge in [0.15, 0.2) is 12.4 Å². The molecule has 1 aromatic carbocycles. The summed E-state index contributed by atoms with van der Waals surface area (Å²) in [6.45, 7) is 0. The van der Waals surface area contributed by atoms with E-state index in [9.17, 15) is 14.0 Å². The summed E-state index contributed by atoms with van der Waals surface area (Å²) in [6.07, 6.45) is -1.77. The van der Waals surface area contributed by atoms with Crippen LogP contribution in [-0.2, 0) is 4.79 Å². The number of hydrogen-bond donors (Lipinski definition) is 2. The number of aliphatic carboxylic acids is 1. The number of nitriles is 1. The average Bonchev–Trinajstić information content (AvgIpc) is 2.26. The SMILES string of the molecule is N#Cc1cc(C(O)C(=O)O)cc(F)c1C=O. The van der Waals surface area contributed by atoms with Crippen molar-refractivity contribution in [2.45, 2.75) is 6.10 Å². The predicted molar refractivity (Wildman–Crippen MR) is 49.1 cm³/mol. The molecule has 0 saturated carbocycles. The lowest BCUT2D eigenvalue weighted by molar-refractivity contribution is -0.146. The lowest BCUT2D eigenvalue weighted by atomic mass is 10.0. The number of aliphatic hydroxyl groups excluding tert-OH is 1. The Hall–Kier alpha value is -2.26. The quantitative estimate of drug-likeness (QED) is 0.732. The highest BCUT2D eigenvalue weighted by Gasteiger charge is 2.19. The minimum absolute atomic E-state index is 0.158. The first-order valence-corrected chi connectivity index (χ1v) is 4.10. The molecule has 82 valence electrons. The number of aliphatic hydroxyl groups is 1. The molecule has 0 aromatic heterocycles. The van der Waals surface area contributed by atoms with Crippen LogP contribution in [0.3, 0.4) is 0 Å². The van der Waals surface area contributed by atoms with Crippen molar-refractivity contribution >= 4 is 12.3 Å². The van der Waals surface area contributed by atoms with Crippen LogP contribution in [0.1, 0.15) is 27.6 Å². The summed E-state index contributed by atoms with van der Waals surface area (Å²) in [7, 11) is 0. The van der Waals surface area contributed by atoms with Crippen LogP contribution in [0.25, 0.3) is 0 Å². The number of carboxylic acid groups (broad SMARTS) is 1. The molecule has 1 rings (SSSR count). The van der Waals surface area contributed by atoms with E-state index in [1.165, 1.54) is 0 Å². The van der Waals surface area contributed by atoms with E-state index >= 15 is 0 Å². The molecule has 0 saturated heterocycles.